The van der Waals surface area contributed by atoms with Crippen molar-refractivity contribution < 1.29 is 9.53 Å². The highest BCUT2D eigenvalue weighted by atomic mass is 16.5. The van der Waals surface area contributed by atoms with Gasteiger partial charge in [-0.15, -0.1) is 0 Å². The Morgan fingerprint density at radius 2 is 2.28 bits per heavy atom. The van der Waals surface area contributed by atoms with Crippen molar-refractivity contribution in [1.29, 1.82) is 0 Å². The minimum atomic E-state index is 0.0215. The van der Waals surface area contributed by atoms with Gasteiger partial charge in [-0.05, 0) is 57.9 Å². The third-order valence-electron chi connectivity index (χ3n) is 4.10. The molecular formula is C14H26N2O2. The summed E-state index contributed by atoms with van der Waals surface area (Å²) in [5.41, 5.74) is 0. The Morgan fingerprint density at radius 3 is 3.00 bits per heavy atom. The van der Waals surface area contributed by atoms with E-state index in [0.29, 0.717) is 12.0 Å². The van der Waals surface area contributed by atoms with Gasteiger partial charge in [0.05, 0.1) is 12.1 Å². The lowest BCUT2D eigenvalue weighted by atomic mass is 9.87. The first kappa shape index (κ1) is 13.8. The molecule has 2 saturated heterocycles. The summed E-state index contributed by atoms with van der Waals surface area (Å²) in [6.07, 6.45) is 7.50. The molecule has 0 aromatic rings. The molecule has 0 aliphatic carbocycles. The number of nitrogens with one attached hydrogen (secondary N) is 2. The van der Waals surface area contributed by atoms with Gasteiger partial charge in [0.15, 0.2) is 0 Å². The van der Waals surface area contributed by atoms with Gasteiger partial charge in [0.1, 0.15) is 0 Å². The fourth-order valence-corrected chi connectivity index (χ4v) is 3.05. The molecular weight excluding hydrogens is 228 g/mol. The number of hydrogen-bond donors (Lipinski definition) is 2. The highest BCUT2D eigenvalue weighted by Crippen LogP contribution is 2.25. The summed E-state index contributed by atoms with van der Waals surface area (Å²) in [7, 11) is 0. The monoisotopic (exact) mass is 254 g/mol. The first-order valence-corrected chi connectivity index (χ1v) is 7.42. The zero-order valence-electron chi connectivity index (χ0n) is 11.4. The maximum Gasteiger partial charge on any atom is 0.237 e. The molecule has 2 heterocycles. The SMILES string of the molecule is CCNC(=O)C1CC(CCC2CCCO2)CCN1. The van der Waals surface area contributed by atoms with Crippen molar-refractivity contribution in [3.63, 3.8) is 0 Å². The van der Waals surface area contributed by atoms with Crippen LogP contribution in [0.25, 0.3) is 0 Å². The van der Waals surface area contributed by atoms with E-state index >= 15 is 0 Å². The van der Waals surface area contributed by atoms with Crippen LogP contribution in [0.2, 0.25) is 0 Å². The fraction of sp³-hybridized carbons (Fsp3) is 0.929. The van der Waals surface area contributed by atoms with E-state index in [0.717, 1.165) is 26.1 Å². The van der Waals surface area contributed by atoms with Crippen LogP contribution in [-0.4, -0.2) is 37.7 Å². The number of rotatable bonds is 5. The molecule has 1 amide bonds. The zero-order chi connectivity index (χ0) is 12.8. The van der Waals surface area contributed by atoms with Crippen LogP contribution >= 0.6 is 0 Å². The Balaban J connectivity index is 1.70. The molecule has 0 bridgehead atoms. The highest BCUT2D eigenvalue weighted by molar-refractivity contribution is 5.81. The van der Waals surface area contributed by atoms with Crippen molar-refractivity contribution in [2.75, 3.05) is 19.7 Å². The summed E-state index contributed by atoms with van der Waals surface area (Å²) in [5.74, 6) is 0.849. The molecule has 104 valence electrons. The Kier molecular flexibility index (Phi) is 5.45. The topological polar surface area (TPSA) is 50.4 Å². The third kappa shape index (κ3) is 3.95. The van der Waals surface area contributed by atoms with Gasteiger partial charge in [-0.25, -0.2) is 0 Å². The number of amides is 1. The van der Waals surface area contributed by atoms with Crippen LogP contribution in [0.5, 0.6) is 0 Å². The summed E-state index contributed by atoms with van der Waals surface area (Å²) in [5, 5.41) is 6.23. The molecule has 3 unspecified atom stereocenters. The second kappa shape index (κ2) is 7.10. The molecule has 2 aliphatic heterocycles. The van der Waals surface area contributed by atoms with Crippen LogP contribution in [0.15, 0.2) is 0 Å². The van der Waals surface area contributed by atoms with Gasteiger partial charge in [-0.1, -0.05) is 0 Å². The predicted octanol–water partition coefficient (Wildman–Crippen LogP) is 1.45. The second-order valence-corrected chi connectivity index (χ2v) is 5.50. The van der Waals surface area contributed by atoms with Crippen LogP contribution in [0.1, 0.15) is 45.4 Å². The van der Waals surface area contributed by atoms with Gasteiger partial charge in [0.2, 0.25) is 5.91 Å². The molecule has 4 nitrogen and oxygen atoms in total. The summed E-state index contributed by atoms with van der Waals surface area (Å²) >= 11 is 0. The highest BCUT2D eigenvalue weighted by Gasteiger charge is 2.27. The Labute approximate surface area is 110 Å². The van der Waals surface area contributed by atoms with Crippen molar-refractivity contribution in [1.82, 2.24) is 10.6 Å². The number of carbonyl (C=O) groups excluding carboxylic acids is 1. The van der Waals surface area contributed by atoms with E-state index in [9.17, 15) is 4.79 Å². The van der Waals surface area contributed by atoms with Crippen molar-refractivity contribution in [2.45, 2.75) is 57.6 Å². The third-order valence-corrected chi connectivity index (χ3v) is 4.10. The lowest BCUT2D eigenvalue weighted by Gasteiger charge is -2.30. The molecule has 2 rings (SSSR count). The lowest BCUT2D eigenvalue weighted by molar-refractivity contribution is -0.124. The molecule has 0 saturated carbocycles. The van der Waals surface area contributed by atoms with Crippen LogP contribution in [-0.2, 0) is 9.53 Å². The van der Waals surface area contributed by atoms with Gasteiger partial charge >= 0.3 is 0 Å². The van der Waals surface area contributed by atoms with Gasteiger partial charge in [-0.3, -0.25) is 4.79 Å². The first-order chi connectivity index (χ1) is 8.79. The van der Waals surface area contributed by atoms with Crippen molar-refractivity contribution in [3.05, 3.63) is 0 Å². The number of hydrogen-bond acceptors (Lipinski definition) is 3. The first-order valence-electron chi connectivity index (χ1n) is 7.42. The number of piperidine rings is 1. The van der Waals surface area contributed by atoms with Crippen LogP contribution in [0.4, 0.5) is 0 Å². The van der Waals surface area contributed by atoms with Crippen LogP contribution in [0.3, 0.4) is 0 Å². The van der Waals surface area contributed by atoms with Crippen LogP contribution < -0.4 is 10.6 Å². The normalized spacial score (nSPS) is 32.4. The van der Waals surface area contributed by atoms with Crippen LogP contribution in [0, 0.1) is 5.92 Å². The molecule has 3 atom stereocenters. The van der Waals surface area contributed by atoms with E-state index in [1.807, 2.05) is 6.92 Å². The van der Waals surface area contributed by atoms with Crippen molar-refractivity contribution >= 4 is 5.91 Å². The smallest absolute Gasteiger partial charge is 0.237 e. The molecule has 2 N–H and O–H groups in total. The molecule has 2 fully saturated rings. The van der Waals surface area contributed by atoms with Gasteiger partial charge in [-0.2, -0.15) is 0 Å². The maximum absolute atomic E-state index is 11.8. The summed E-state index contributed by atoms with van der Waals surface area (Å²) < 4.78 is 5.66. The van der Waals surface area contributed by atoms with Crippen molar-refractivity contribution in [2.24, 2.45) is 5.92 Å². The minimum absolute atomic E-state index is 0.0215. The number of ether oxygens (including phenoxy) is 1. The van der Waals surface area contributed by atoms with E-state index in [4.69, 9.17) is 4.74 Å². The second-order valence-electron chi connectivity index (χ2n) is 5.50. The van der Waals surface area contributed by atoms with E-state index < -0.39 is 0 Å². The maximum atomic E-state index is 11.8. The molecule has 0 aromatic carbocycles. The molecule has 0 aromatic heterocycles. The van der Waals surface area contributed by atoms with Crippen molar-refractivity contribution in [3.8, 4) is 0 Å². The van der Waals surface area contributed by atoms with Gasteiger partial charge < -0.3 is 15.4 Å². The molecule has 18 heavy (non-hydrogen) atoms. The van der Waals surface area contributed by atoms with E-state index in [1.165, 1.54) is 32.1 Å². The molecule has 0 spiro atoms. The molecule has 0 radical (unpaired) electrons. The Hall–Kier alpha value is -0.610. The zero-order valence-corrected chi connectivity index (χ0v) is 11.4. The van der Waals surface area contributed by atoms with E-state index in [-0.39, 0.29) is 11.9 Å². The predicted molar refractivity (Wildman–Crippen MR) is 71.4 cm³/mol. The lowest BCUT2D eigenvalue weighted by Crippen LogP contribution is -2.48. The van der Waals surface area contributed by atoms with E-state index in [1.54, 1.807) is 0 Å². The largest absolute Gasteiger partial charge is 0.378 e. The molecule has 4 heteroatoms. The van der Waals surface area contributed by atoms with Gasteiger partial charge in [0.25, 0.3) is 0 Å². The fourth-order valence-electron chi connectivity index (χ4n) is 3.05. The standard InChI is InChI=1S/C14H26N2O2/c1-2-15-14(17)13-10-11(7-8-16-13)5-6-12-4-3-9-18-12/h11-13,16H,2-10H2,1H3,(H,15,17). The number of likely N-dealkylation sites (N-methyl/N-ethyl adjacent to an activating group) is 1. The summed E-state index contributed by atoms with van der Waals surface area (Å²) in [6, 6.07) is 0.0215. The van der Waals surface area contributed by atoms with E-state index in [2.05, 4.69) is 10.6 Å². The quantitative estimate of drug-likeness (QED) is 0.781. The Bertz CT molecular complexity index is 265. The summed E-state index contributed by atoms with van der Waals surface area (Å²) in [4.78, 5) is 11.8. The average Bonchev–Trinajstić information content (AvgIpc) is 2.90. The molecule has 2 aliphatic rings. The average molecular weight is 254 g/mol. The number of carbonyl (C=O) groups is 1. The summed E-state index contributed by atoms with van der Waals surface area (Å²) in [6.45, 7) is 4.60. The minimum Gasteiger partial charge on any atom is -0.378 e. The van der Waals surface area contributed by atoms with Gasteiger partial charge in [0, 0.05) is 13.2 Å². The Morgan fingerprint density at radius 1 is 1.39 bits per heavy atom.